The molecule has 17 heavy (non-hydrogen) atoms. The molecule has 0 bridgehead atoms. The van der Waals surface area contributed by atoms with Crippen molar-refractivity contribution < 1.29 is 9.18 Å². The first-order valence-corrected chi connectivity index (χ1v) is 6.66. The fraction of sp³-hybridized carbons (Fsp3) is 0.417. The molecule has 1 aromatic rings. The number of benzene rings is 1. The normalized spacial score (nSPS) is 16.6. The maximum absolute atomic E-state index is 13.6. The van der Waals surface area contributed by atoms with Gasteiger partial charge in [-0.1, -0.05) is 6.07 Å². The van der Waals surface area contributed by atoms with Crippen molar-refractivity contribution in [3.63, 3.8) is 0 Å². The highest BCUT2D eigenvalue weighted by molar-refractivity contribution is 14.1. The standard InChI is InChI=1S/C12H14FIN2O/c13-8-2-1-3-9(14)11(8)12(17)16-10(6-15)7-4-5-7/h1-3,7,10H,4-6,15H2,(H,16,17). The predicted octanol–water partition coefficient (Wildman–Crippen LogP) is 1.90. The van der Waals surface area contributed by atoms with Gasteiger partial charge in [0.2, 0.25) is 0 Å². The Morgan fingerprint density at radius 1 is 1.59 bits per heavy atom. The van der Waals surface area contributed by atoms with E-state index in [1.165, 1.54) is 6.07 Å². The van der Waals surface area contributed by atoms with Crippen LogP contribution < -0.4 is 11.1 Å². The van der Waals surface area contributed by atoms with E-state index in [9.17, 15) is 9.18 Å². The van der Waals surface area contributed by atoms with Crippen LogP contribution in [0.2, 0.25) is 0 Å². The monoisotopic (exact) mass is 348 g/mol. The van der Waals surface area contributed by atoms with Crippen molar-refractivity contribution in [3.05, 3.63) is 33.1 Å². The molecule has 1 aliphatic rings. The topological polar surface area (TPSA) is 55.1 Å². The fourth-order valence-corrected chi connectivity index (χ4v) is 2.53. The first-order valence-electron chi connectivity index (χ1n) is 5.58. The van der Waals surface area contributed by atoms with Gasteiger partial charge in [0.15, 0.2) is 0 Å². The molecular formula is C12H14FIN2O. The van der Waals surface area contributed by atoms with E-state index < -0.39 is 5.82 Å². The van der Waals surface area contributed by atoms with Crippen molar-refractivity contribution in [1.82, 2.24) is 5.32 Å². The maximum Gasteiger partial charge on any atom is 0.255 e. The number of hydrogen-bond acceptors (Lipinski definition) is 2. The third-order valence-electron chi connectivity index (χ3n) is 2.95. The average molecular weight is 348 g/mol. The van der Waals surface area contributed by atoms with Crippen molar-refractivity contribution in [3.8, 4) is 0 Å². The fourth-order valence-electron chi connectivity index (χ4n) is 1.82. The summed E-state index contributed by atoms with van der Waals surface area (Å²) in [5, 5.41) is 2.82. The van der Waals surface area contributed by atoms with Gasteiger partial charge in [-0.15, -0.1) is 0 Å². The summed E-state index contributed by atoms with van der Waals surface area (Å²) in [5.74, 6) is -0.385. The van der Waals surface area contributed by atoms with E-state index in [4.69, 9.17) is 5.73 Å². The Morgan fingerprint density at radius 3 is 2.82 bits per heavy atom. The Bertz CT molecular complexity index is 414. The summed E-state index contributed by atoms with van der Waals surface area (Å²) < 4.78 is 14.2. The molecule has 1 aliphatic carbocycles. The molecule has 92 valence electrons. The first kappa shape index (κ1) is 12.8. The van der Waals surface area contributed by atoms with Crippen LogP contribution in [0.3, 0.4) is 0 Å². The molecule has 1 fully saturated rings. The van der Waals surface area contributed by atoms with Crippen LogP contribution in [0.4, 0.5) is 4.39 Å². The minimum Gasteiger partial charge on any atom is -0.348 e. The number of amides is 1. The van der Waals surface area contributed by atoms with Gasteiger partial charge in [0, 0.05) is 16.2 Å². The number of carbonyl (C=O) groups is 1. The smallest absolute Gasteiger partial charge is 0.255 e. The van der Waals surface area contributed by atoms with E-state index in [-0.39, 0.29) is 17.5 Å². The Morgan fingerprint density at radius 2 is 2.29 bits per heavy atom. The third-order valence-corrected chi connectivity index (χ3v) is 3.85. The molecule has 1 unspecified atom stereocenters. The van der Waals surface area contributed by atoms with E-state index in [1.807, 2.05) is 22.6 Å². The summed E-state index contributed by atoms with van der Waals surface area (Å²) >= 11 is 1.96. The second-order valence-electron chi connectivity index (χ2n) is 4.25. The molecule has 1 amide bonds. The lowest BCUT2D eigenvalue weighted by Gasteiger charge is -2.16. The average Bonchev–Trinajstić information content (AvgIpc) is 3.09. The number of nitrogens with two attached hydrogens (primary N) is 1. The van der Waals surface area contributed by atoms with Gasteiger partial charge in [-0.3, -0.25) is 4.79 Å². The van der Waals surface area contributed by atoms with Crippen LogP contribution in [0.5, 0.6) is 0 Å². The molecule has 1 aromatic carbocycles. The summed E-state index contributed by atoms with van der Waals surface area (Å²) in [4.78, 5) is 12.0. The minimum absolute atomic E-state index is 0.0297. The molecular weight excluding hydrogens is 334 g/mol. The van der Waals surface area contributed by atoms with E-state index in [1.54, 1.807) is 12.1 Å². The number of hydrogen-bond donors (Lipinski definition) is 2. The highest BCUT2D eigenvalue weighted by Gasteiger charge is 2.32. The van der Waals surface area contributed by atoms with E-state index in [0.717, 1.165) is 12.8 Å². The number of halogens is 2. The van der Waals surface area contributed by atoms with Gasteiger partial charge in [-0.2, -0.15) is 0 Å². The molecule has 1 saturated carbocycles. The molecule has 1 atom stereocenters. The molecule has 3 N–H and O–H groups in total. The van der Waals surface area contributed by atoms with Gasteiger partial charge in [0.05, 0.1) is 5.56 Å². The predicted molar refractivity (Wildman–Crippen MR) is 72.1 cm³/mol. The quantitative estimate of drug-likeness (QED) is 0.817. The van der Waals surface area contributed by atoms with Crippen LogP contribution in [0.25, 0.3) is 0 Å². The summed E-state index contributed by atoms with van der Waals surface area (Å²) in [6, 6.07) is 4.58. The largest absolute Gasteiger partial charge is 0.348 e. The molecule has 3 nitrogen and oxygen atoms in total. The van der Waals surface area contributed by atoms with Crippen molar-refractivity contribution in [2.24, 2.45) is 11.7 Å². The molecule has 0 radical (unpaired) electrons. The van der Waals surface area contributed by atoms with Gasteiger partial charge >= 0.3 is 0 Å². The van der Waals surface area contributed by atoms with Crippen LogP contribution in [0.1, 0.15) is 23.2 Å². The van der Waals surface area contributed by atoms with Gasteiger partial charge in [-0.25, -0.2) is 4.39 Å². The first-order chi connectivity index (χ1) is 8.13. The summed E-state index contributed by atoms with van der Waals surface area (Å²) in [6.45, 7) is 0.404. The highest BCUT2D eigenvalue weighted by Crippen LogP contribution is 2.32. The molecule has 0 saturated heterocycles. The lowest BCUT2D eigenvalue weighted by molar-refractivity contribution is 0.0928. The molecule has 0 aliphatic heterocycles. The van der Waals surface area contributed by atoms with Crippen molar-refractivity contribution in [2.75, 3.05) is 6.54 Å². The minimum atomic E-state index is -0.485. The second kappa shape index (κ2) is 5.30. The lowest BCUT2D eigenvalue weighted by Crippen LogP contribution is -2.42. The molecule has 0 heterocycles. The zero-order valence-electron chi connectivity index (χ0n) is 9.25. The van der Waals surface area contributed by atoms with Crippen LogP contribution in [-0.2, 0) is 0 Å². The van der Waals surface area contributed by atoms with E-state index >= 15 is 0 Å². The zero-order chi connectivity index (χ0) is 12.4. The van der Waals surface area contributed by atoms with Crippen LogP contribution in [0, 0.1) is 15.3 Å². The summed E-state index contributed by atoms with van der Waals surface area (Å²) in [7, 11) is 0. The Kier molecular flexibility index (Phi) is 3.98. The van der Waals surface area contributed by atoms with Crippen molar-refractivity contribution in [1.29, 1.82) is 0 Å². The van der Waals surface area contributed by atoms with Gasteiger partial charge in [-0.05, 0) is 53.5 Å². The Labute approximate surface area is 113 Å². The van der Waals surface area contributed by atoms with E-state index in [2.05, 4.69) is 5.32 Å². The van der Waals surface area contributed by atoms with Gasteiger partial charge in [0.1, 0.15) is 5.82 Å². The number of carbonyl (C=O) groups excluding carboxylic acids is 1. The highest BCUT2D eigenvalue weighted by atomic mass is 127. The second-order valence-corrected chi connectivity index (χ2v) is 5.41. The van der Waals surface area contributed by atoms with Crippen molar-refractivity contribution in [2.45, 2.75) is 18.9 Å². The summed E-state index contributed by atoms with van der Waals surface area (Å²) in [6.07, 6.45) is 2.19. The zero-order valence-corrected chi connectivity index (χ0v) is 11.4. The maximum atomic E-state index is 13.6. The van der Waals surface area contributed by atoms with Crippen LogP contribution >= 0.6 is 22.6 Å². The van der Waals surface area contributed by atoms with Crippen molar-refractivity contribution >= 4 is 28.5 Å². The number of rotatable bonds is 4. The molecule has 2 rings (SSSR count). The number of nitrogens with one attached hydrogen (secondary N) is 1. The molecule has 0 spiro atoms. The van der Waals surface area contributed by atoms with Gasteiger partial charge in [0.25, 0.3) is 5.91 Å². The Balaban J connectivity index is 2.13. The van der Waals surface area contributed by atoms with Crippen LogP contribution in [-0.4, -0.2) is 18.5 Å². The Hall–Kier alpha value is -0.690. The van der Waals surface area contributed by atoms with Gasteiger partial charge < -0.3 is 11.1 Å². The SMILES string of the molecule is NCC(NC(=O)c1c(F)cccc1I)C1CC1. The molecule has 0 aromatic heterocycles. The summed E-state index contributed by atoms with van der Waals surface area (Å²) in [5.41, 5.74) is 5.72. The molecule has 5 heteroatoms. The van der Waals surface area contributed by atoms with E-state index in [0.29, 0.717) is 16.0 Å². The lowest BCUT2D eigenvalue weighted by atomic mass is 10.1. The van der Waals surface area contributed by atoms with Crippen LogP contribution in [0.15, 0.2) is 18.2 Å². The third kappa shape index (κ3) is 2.95.